The summed E-state index contributed by atoms with van der Waals surface area (Å²) in [5.74, 6) is 0. The Morgan fingerprint density at radius 1 is 1.43 bits per heavy atom. The monoisotopic (exact) mass is 201 g/mol. The van der Waals surface area contributed by atoms with Gasteiger partial charge in [-0.1, -0.05) is 0 Å². The molecule has 1 aliphatic heterocycles. The van der Waals surface area contributed by atoms with E-state index in [2.05, 4.69) is 5.32 Å². The average molecular weight is 201 g/mol. The number of nitrogens with one attached hydrogen (secondary N) is 1. The lowest BCUT2D eigenvalue weighted by atomic mass is 10.1. The van der Waals surface area contributed by atoms with Gasteiger partial charge in [0.2, 0.25) is 0 Å². The number of rotatable bonds is 7. The Morgan fingerprint density at radius 2 is 2.36 bits per heavy atom. The molecule has 0 aliphatic carbocycles. The van der Waals surface area contributed by atoms with Crippen LogP contribution in [0.1, 0.15) is 32.6 Å². The predicted molar refractivity (Wildman–Crippen MR) is 57.6 cm³/mol. The van der Waals surface area contributed by atoms with Gasteiger partial charge in [-0.05, 0) is 39.2 Å². The van der Waals surface area contributed by atoms with E-state index in [4.69, 9.17) is 9.47 Å². The van der Waals surface area contributed by atoms with Crippen molar-refractivity contribution in [2.24, 2.45) is 0 Å². The minimum atomic E-state index is 0.593. The molecule has 0 amide bonds. The van der Waals surface area contributed by atoms with Gasteiger partial charge in [0.25, 0.3) is 0 Å². The Hall–Kier alpha value is -0.120. The van der Waals surface area contributed by atoms with E-state index < -0.39 is 0 Å². The van der Waals surface area contributed by atoms with Crippen LogP contribution in [0.15, 0.2) is 0 Å². The Balaban J connectivity index is 1.82. The molecule has 1 N–H and O–H groups in total. The van der Waals surface area contributed by atoms with E-state index >= 15 is 0 Å². The van der Waals surface area contributed by atoms with Crippen molar-refractivity contribution < 1.29 is 9.47 Å². The van der Waals surface area contributed by atoms with E-state index in [0.29, 0.717) is 6.04 Å². The van der Waals surface area contributed by atoms with Crippen molar-refractivity contribution in [2.45, 2.75) is 38.6 Å². The molecule has 3 heteroatoms. The van der Waals surface area contributed by atoms with Crippen LogP contribution in [0.25, 0.3) is 0 Å². The average Bonchev–Trinajstić information content (AvgIpc) is 2.25. The molecule has 1 saturated heterocycles. The summed E-state index contributed by atoms with van der Waals surface area (Å²) in [6.07, 6.45) is 4.84. The summed E-state index contributed by atoms with van der Waals surface area (Å²) in [7, 11) is 0. The van der Waals surface area contributed by atoms with E-state index in [0.717, 1.165) is 39.4 Å². The lowest BCUT2D eigenvalue weighted by Gasteiger charge is -2.23. The van der Waals surface area contributed by atoms with Gasteiger partial charge in [-0.15, -0.1) is 0 Å². The number of ether oxygens (including phenoxy) is 2. The molecule has 0 spiro atoms. The molecule has 1 rings (SSSR count). The maximum Gasteiger partial charge on any atom is 0.0619 e. The lowest BCUT2D eigenvalue weighted by Crippen LogP contribution is -2.37. The molecule has 1 heterocycles. The van der Waals surface area contributed by atoms with Gasteiger partial charge in [0.15, 0.2) is 0 Å². The Kier molecular flexibility index (Phi) is 7.01. The van der Waals surface area contributed by atoms with Crippen LogP contribution >= 0.6 is 0 Å². The maximum atomic E-state index is 5.39. The third kappa shape index (κ3) is 5.58. The van der Waals surface area contributed by atoms with E-state index in [1.54, 1.807) is 0 Å². The minimum Gasteiger partial charge on any atom is -0.382 e. The highest BCUT2D eigenvalue weighted by Gasteiger charge is 2.11. The van der Waals surface area contributed by atoms with Crippen molar-refractivity contribution in [3.63, 3.8) is 0 Å². The van der Waals surface area contributed by atoms with Crippen molar-refractivity contribution in [3.05, 3.63) is 0 Å². The Bertz CT molecular complexity index is 124. The maximum absolute atomic E-state index is 5.39. The van der Waals surface area contributed by atoms with Crippen LogP contribution < -0.4 is 5.32 Å². The standard InChI is InChI=1S/C11H23NO2/c1-2-13-8-4-3-7-12-11-6-5-9-14-10-11/h11-12H,2-10H2,1H3. The summed E-state index contributed by atoms with van der Waals surface area (Å²) >= 11 is 0. The molecule has 0 aromatic rings. The summed E-state index contributed by atoms with van der Waals surface area (Å²) < 4.78 is 10.7. The normalized spacial score (nSPS) is 22.5. The molecule has 0 bridgehead atoms. The van der Waals surface area contributed by atoms with Crippen molar-refractivity contribution in [3.8, 4) is 0 Å². The molecular weight excluding hydrogens is 178 g/mol. The molecule has 1 fully saturated rings. The third-order valence-electron chi connectivity index (χ3n) is 2.51. The van der Waals surface area contributed by atoms with E-state index in [1.165, 1.54) is 19.3 Å². The number of hydrogen-bond donors (Lipinski definition) is 1. The lowest BCUT2D eigenvalue weighted by molar-refractivity contribution is 0.0700. The minimum absolute atomic E-state index is 0.593. The van der Waals surface area contributed by atoms with Crippen molar-refractivity contribution >= 4 is 0 Å². The first kappa shape index (κ1) is 12.0. The van der Waals surface area contributed by atoms with E-state index in [9.17, 15) is 0 Å². The van der Waals surface area contributed by atoms with Crippen molar-refractivity contribution in [1.82, 2.24) is 5.32 Å². The van der Waals surface area contributed by atoms with Crippen molar-refractivity contribution in [1.29, 1.82) is 0 Å². The molecule has 0 aromatic heterocycles. The summed E-state index contributed by atoms with van der Waals surface area (Å²) in [4.78, 5) is 0. The molecule has 1 unspecified atom stereocenters. The molecule has 0 aromatic carbocycles. The fraction of sp³-hybridized carbons (Fsp3) is 1.00. The third-order valence-corrected chi connectivity index (χ3v) is 2.51. The zero-order valence-electron chi connectivity index (χ0n) is 9.26. The van der Waals surface area contributed by atoms with Crippen LogP contribution in [0, 0.1) is 0 Å². The van der Waals surface area contributed by atoms with E-state index in [1.807, 2.05) is 6.92 Å². The van der Waals surface area contributed by atoms with Crippen LogP contribution in [0.5, 0.6) is 0 Å². The fourth-order valence-electron chi connectivity index (χ4n) is 1.68. The van der Waals surface area contributed by atoms with Gasteiger partial charge in [-0.2, -0.15) is 0 Å². The molecule has 1 aliphatic rings. The van der Waals surface area contributed by atoms with Gasteiger partial charge in [0.1, 0.15) is 0 Å². The predicted octanol–water partition coefficient (Wildman–Crippen LogP) is 1.57. The molecule has 3 nitrogen and oxygen atoms in total. The van der Waals surface area contributed by atoms with Crippen LogP contribution in [0.4, 0.5) is 0 Å². The molecular formula is C11H23NO2. The Labute approximate surface area is 87.2 Å². The highest BCUT2D eigenvalue weighted by Crippen LogP contribution is 2.05. The zero-order valence-corrected chi connectivity index (χ0v) is 9.26. The highest BCUT2D eigenvalue weighted by molar-refractivity contribution is 4.69. The Morgan fingerprint density at radius 3 is 3.07 bits per heavy atom. The van der Waals surface area contributed by atoms with Gasteiger partial charge in [-0.3, -0.25) is 0 Å². The fourth-order valence-corrected chi connectivity index (χ4v) is 1.68. The smallest absolute Gasteiger partial charge is 0.0619 e. The number of unbranched alkanes of at least 4 members (excludes halogenated alkanes) is 1. The SMILES string of the molecule is CCOCCCCNC1CCCOC1. The zero-order chi connectivity index (χ0) is 10.1. The quantitative estimate of drug-likeness (QED) is 0.634. The molecule has 1 atom stereocenters. The number of hydrogen-bond acceptors (Lipinski definition) is 3. The van der Waals surface area contributed by atoms with Gasteiger partial charge >= 0.3 is 0 Å². The van der Waals surface area contributed by atoms with Gasteiger partial charge in [-0.25, -0.2) is 0 Å². The molecule has 14 heavy (non-hydrogen) atoms. The van der Waals surface area contributed by atoms with Crippen LogP contribution in [-0.4, -0.2) is 39.0 Å². The first-order chi connectivity index (χ1) is 6.93. The molecule has 0 radical (unpaired) electrons. The second-order valence-electron chi connectivity index (χ2n) is 3.77. The summed E-state index contributed by atoms with van der Waals surface area (Å²) in [6, 6.07) is 0.593. The first-order valence-electron chi connectivity index (χ1n) is 5.82. The van der Waals surface area contributed by atoms with Crippen molar-refractivity contribution in [2.75, 3.05) is 33.0 Å². The van der Waals surface area contributed by atoms with Gasteiger partial charge < -0.3 is 14.8 Å². The van der Waals surface area contributed by atoms with Crippen LogP contribution in [0.2, 0.25) is 0 Å². The molecule has 0 saturated carbocycles. The van der Waals surface area contributed by atoms with Gasteiger partial charge in [0, 0.05) is 25.9 Å². The second kappa shape index (κ2) is 8.21. The van der Waals surface area contributed by atoms with Crippen LogP contribution in [0.3, 0.4) is 0 Å². The molecule has 84 valence electrons. The van der Waals surface area contributed by atoms with Crippen LogP contribution in [-0.2, 0) is 9.47 Å². The highest BCUT2D eigenvalue weighted by atomic mass is 16.5. The summed E-state index contributed by atoms with van der Waals surface area (Å²) in [5, 5.41) is 3.52. The first-order valence-corrected chi connectivity index (χ1v) is 5.82. The summed E-state index contributed by atoms with van der Waals surface area (Å²) in [6.45, 7) is 6.72. The second-order valence-corrected chi connectivity index (χ2v) is 3.77. The van der Waals surface area contributed by atoms with Gasteiger partial charge in [0.05, 0.1) is 6.61 Å². The largest absolute Gasteiger partial charge is 0.382 e. The topological polar surface area (TPSA) is 30.5 Å². The summed E-state index contributed by atoms with van der Waals surface area (Å²) in [5.41, 5.74) is 0. The van der Waals surface area contributed by atoms with E-state index in [-0.39, 0.29) is 0 Å².